The van der Waals surface area contributed by atoms with Crippen LogP contribution in [0.3, 0.4) is 0 Å². The third-order valence-electron chi connectivity index (χ3n) is 3.22. The van der Waals surface area contributed by atoms with Crippen LogP contribution in [0.2, 0.25) is 0 Å². The van der Waals surface area contributed by atoms with Gasteiger partial charge in [0, 0.05) is 19.1 Å². The van der Waals surface area contributed by atoms with Crippen molar-refractivity contribution in [2.45, 2.75) is 32.3 Å². The second kappa shape index (κ2) is 10.8. The van der Waals surface area contributed by atoms with E-state index in [0.717, 1.165) is 5.69 Å². The summed E-state index contributed by atoms with van der Waals surface area (Å²) in [5.41, 5.74) is 6.84. The van der Waals surface area contributed by atoms with Crippen LogP contribution in [0.25, 0.3) is 0 Å². The molecule has 11 nitrogen and oxygen atoms in total. The van der Waals surface area contributed by atoms with Crippen molar-refractivity contribution < 1.29 is 29.3 Å². The Morgan fingerprint density at radius 1 is 1.62 bits per heavy atom. The number of rotatable bonds is 7. The number of aliphatic hydroxyl groups excluding tert-OH is 1. The second-order valence-corrected chi connectivity index (χ2v) is 5.69. The number of thiol groups is 1. The summed E-state index contributed by atoms with van der Waals surface area (Å²) < 4.78 is 6.89. The van der Waals surface area contributed by atoms with Crippen molar-refractivity contribution in [3.63, 3.8) is 0 Å². The van der Waals surface area contributed by atoms with Crippen molar-refractivity contribution in [3.8, 4) is 0 Å². The molecule has 2 unspecified atom stereocenters. The molecule has 2 atom stereocenters. The molecule has 1 aliphatic rings. The van der Waals surface area contributed by atoms with Crippen LogP contribution >= 0.6 is 12.6 Å². The fourth-order valence-electron chi connectivity index (χ4n) is 2.08. The predicted molar refractivity (Wildman–Crippen MR) is 93.5 cm³/mol. The Labute approximate surface area is 155 Å². The first-order valence-corrected chi connectivity index (χ1v) is 8.33. The van der Waals surface area contributed by atoms with E-state index < -0.39 is 12.0 Å². The maximum Gasteiger partial charge on any atom is 0.327 e. The highest BCUT2D eigenvalue weighted by molar-refractivity contribution is 7.80. The normalized spacial score (nSPS) is 16.6. The highest BCUT2D eigenvalue weighted by atomic mass is 32.1. The largest absolute Gasteiger partial charge is 0.480 e. The minimum absolute atomic E-state index is 0.0309. The molecule has 0 radical (unpaired) electrons. The van der Waals surface area contributed by atoms with Gasteiger partial charge in [-0.2, -0.15) is 12.6 Å². The molecule has 26 heavy (non-hydrogen) atoms. The summed E-state index contributed by atoms with van der Waals surface area (Å²) in [6.07, 6.45) is 1.69. The second-order valence-electron chi connectivity index (χ2n) is 5.33. The Hall–Kier alpha value is -2.15. The maximum absolute atomic E-state index is 11.5. The van der Waals surface area contributed by atoms with E-state index in [1.807, 2.05) is 0 Å². The molecule has 0 saturated heterocycles. The third-order valence-corrected chi connectivity index (χ3v) is 3.58. The van der Waals surface area contributed by atoms with Crippen LogP contribution in [0.5, 0.6) is 0 Å². The van der Waals surface area contributed by atoms with Crippen LogP contribution in [0.4, 0.5) is 0 Å². The Bertz CT molecular complexity index is 637. The topological polar surface area (TPSA) is 169 Å². The van der Waals surface area contributed by atoms with Crippen LogP contribution in [0.15, 0.2) is 6.33 Å². The molecule has 1 aliphatic heterocycles. The predicted octanol–water partition coefficient (Wildman–Crippen LogP) is -2.07. The molecule has 0 aromatic carbocycles. The number of aromatic nitrogens is 2. The molecular formula is C14H23N5O6S. The summed E-state index contributed by atoms with van der Waals surface area (Å²) in [5.74, 6) is -1.57. The molecule has 0 saturated carbocycles. The number of aliphatic hydroxyl groups is 1. The molecule has 0 fully saturated rings. The first-order chi connectivity index (χ1) is 12.3. The maximum atomic E-state index is 11.5. The molecule has 1 aromatic rings. The number of nitrogens with zero attached hydrogens (tertiary/aromatic N) is 2. The Morgan fingerprint density at radius 3 is 2.81 bits per heavy atom. The number of carboxylic acids is 1. The van der Waals surface area contributed by atoms with Crippen LogP contribution in [0, 0.1) is 0 Å². The number of carbonyl (C=O) groups excluding carboxylic acids is 2. The minimum Gasteiger partial charge on any atom is -0.480 e. The standard InChI is InChI=1S/C9H14N4O3.C5H9NO3S/c10-7-3-6-8(9(15)12-7)11-4-13(6)5-16-2-1-14;1-3(7)6-4(2-10)5(8)9/h4,7,14H,1-3,5,10H2,(H,12,15);4,10H,2H2,1H3,(H,6,7)(H,8,9). The fourth-order valence-corrected chi connectivity index (χ4v) is 2.32. The number of aliphatic carboxylic acids is 1. The van der Waals surface area contributed by atoms with E-state index in [-0.39, 0.29) is 43.7 Å². The van der Waals surface area contributed by atoms with Crippen LogP contribution in [-0.4, -0.2) is 68.7 Å². The highest BCUT2D eigenvalue weighted by Crippen LogP contribution is 2.14. The summed E-state index contributed by atoms with van der Waals surface area (Å²) >= 11 is 3.73. The van der Waals surface area contributed by atoms with Gasteiger partial charge in [0.2, 0.25) is 5.91 Å². The van der Waals surface area contributed by atoms with Crippen molar-refractivity contribution in [3.05, 3.63) is 17.7 Å². The van der Waals surface area contributed by atoms with E-state index in [1.165, 1.54) is 6.92 Å². The lowest BCUT2D eigenvalue weighted by molar-refractivity contribution is -0.140. The summed E-state index contributed by atoms with van der Waals surface area (Å²) in [6, 6.07) is -0.874. The van der Waals surface area contributed by atoms with Crippen molar-refractivity contribution in [1.82, 2.24) is 20.2 Å². The number of hydrogen-bond acceptors (Lipinski definition) is 8. The van der Waals surface area contributed by atoms with Gasteiger partial charge in [0.05, 0.1) is 31.4 Å². The Kier molecular flexibility index (Phi) is 9.05. The van der Waals surface area contributed by atoms with Crippen molar-refractivity contribution in [2.24, 2.45) is 5.73 Å². The molecule has 0 bridgehead atoms. The molecular weight excluding hydrogens is 366 g/mol. The third kappa shape index (κ3) is 6.63. The number of nitrogens with one attached hydrogen (secondary N) is 2. The van der Waals surface area contributed by atoms with Gasteiger partial charge < -0.3 is 35.9 Å². The number of hydrogen-bond donors (Lipinski definition) is 6. The van der Waals surface area contributed by atoms with E-state index >= 15 is 0 Å². The molecule has 2 heterocycles. The van der Waals surface area contributed by atoms with Gasteiger partial charge in [0.15, 0.2) is 0 Å². The number of imidazole rings is 1. The summed E-state index contributed by atoms with van der Waals surface area (Å²) in [4.78, 5) is 36.0. The van der Waals surface area contributed by atoms with Crippen LogP contribution < -0.4 is 16.4 Å². The van der Waals surface area contributed by atoms with E-state index in [9.17, 15) is 14.4 Å². The number of fused-ring (bicyclic) bond motifs is 1. The molecule has 2 amide bonds. The van der Waals surface area contributed by atoms with Crippen LogP contribution in [0.1, 0.15) is 23.1 Å². The first-order valence-electron chi connectivity index (χ1n) is 7.70. The fraction of sp³-hybridized carbons (Fsp3) is 0.571. The van der Waals surface area contributed by atoms with Gasteiger partial charge in [-0.25, -0.2) is 9.78 Å². The average Bonchev–Trinajstić information content (AvgIpc) is 2.96. The number of carbonyl (C=O) groups is 3. The summed E-state index contributed by atoms with van der Waals surface area (Å²) in [6.45, 7) is 1.75. The summed E-state index contributed by atoms with van der Waals surface area (Å²) in [5, 5.41) is 21.8. The lowest BCUT2D eigenvalue weighted by Crippen LogP contribution is -2.47. The molecule has 12 heteroatoms. The van der Waals surface area contributed by atoms with Gasteiger partial charge in [0.25, 0.3) is 5.91 Å². The molecule has 6 N–H and O–H groups in total. The zero-order valence-electron chi connectivity index (χ0n) is 14.2. The average molecular weight is 389 g/mol. The first kappa shape index (κ1) is 21.9. The number of carboxylic acid groups (broad SMARTS) is 1. The smallest absolute Gasteiger partial charge is 0.327 e. The lowest BCUT2D eigenvalue weighted by atomic mass is 10.1. The number of nitrogens with two attached hydrogens (primary N) is 1. The van der Waals surface area contributed by atoms with E-state index in [0.29, 0.717) is 12.1 Å². The van der Waals surface area contributed by atoms with Gasteiger partial charge in [-0.1, -0.05) is 0 Å². The van der Waals surface area contributed by atoms with Gasteiger partial charge in [-0.05, 0) is 0 Å². The van der Waals surface area contributed by atoms with E-state index in [1.54, 1.807) is 10.9 Å². The zero-order valence-corrected chi connectivity index (χ0v) is 15.1. The van der Waals surface area contributed by atoms with Crippen molar-refractivity contribution in [2.75, 3.05) is 19.0 Å². The molecule has 0 aliphatic carbocycles. The monoisotopic (exact) mass is 389 g/mol. The molecule has 1 aromatic heterocycles. The quantitative estimate of drug-likeness (QED) is 0.228. The van der Waals surface area contributed by atoms with Crippen LogP contribution in [-0.2, 0) is 27.5 Å². The van der Waals surface area contributed by atoms with Crippen molar-refractivity contribution >= 4 is 30.4 Å². The minimum atomic E-state index is -1.06. The number of amides is 2. The zero-order chi connectivity index (χ0) is 19.7. The SMILES string of the molecule is CC(=O)NC(CS)C(=O)O.NC1Cc2c(ncn2COCCO)C(=O)N1. The molecule has 0 spiro atoms. The van der Waals surface area contributed by atoms with Gasteiger partial charge in [-0.15, -0.1) is 0 Å². The Morgan fingerprint density at radius 2 is 2.31 bits per heavy atom. The van der Waals surface area contributed by atoms with Crippen molar-refractivity contribution in [1.29, 1.82) is 0 Å². The number of ether oxygens (including phenoxy) is 1. The summed E-state index contributed by atoms with van der Waals surface area (Å²) in [7, 11) is 0. The lowest BCUT2D eigenvalue weighted by Gasteiger charge is -2.20. The van der Waals surface area contributed by atoms with Gasteiger partial charge in [0.1, 0.15) is 18.5 Å². The van der Waals surface area contributed by atoms with E-state index in [4.69, 9.17) is 20.7 Å². The van der Waals surface area contributed by atoms with Gasteiger partial charge >= 0.3 is 5.97 Å². The Balaban J connectivity index is 0.000000294. The van der Waals surface area contributed by atoms with Gasteiger partial charge in [-0.3, -0.25) is 9.59 Å². The molecule has 146 valence electrons. The molecule has 2 rings (SSSR count). The van der Waals surface area contributed by atoms with E-state index in [2.05, 4.69) is 28.2 Å². The highest BCUT2D eigenvalue weighted by Gasteiger charge is 2.26.